The average Bonchev–Trinajstić information content (AvgIpc) is 3.41. The molecule has 2 aromatic carbocycles. The number of rotatable bonds is 7. The van der Waals surface area contributed by atoms with Gasteiger partial charge in [-0.05, 0) is 45.1 Å². The van der Waals surface area contributed by atoms with Gasteiger partial charge in [-0.25, -0.2) is 9.59 Å². The van der Waals surface area contributed by atoms with Crippen molar-refractivity contribution in [2.45, 2.75) is 0 Å². The molecule has 0 aliphatic heterocycles. The van der Waals surface area contributed by atoms with Gasteiger partial charge in [0.25, 0.3) is 0 Å². The van der Waals surface area contributed by atoms with Crippen LogP contribution in [0.15, 0.2) is 63.9 Å². The normalized spacial score (nSPS) is 11.5. The van der Waals surface area contributed by atoms with Gasteiger partial charge in [0, 0.05) is 14.2 Å². The van der Waals surface area contributed by atoms with Gasteiger partial charge in [0.15, 0.2) is 5.82 Å². The molecule has 4 aromatic rings. The molecule has 0 spiro atoms. The van der Waals surface area contributed by atoms with Crippen molar-refractivity contribution in [3.63, 3.8) is 0 Å². The highest BCUT2D eigenvalue weighted by atomic mass is 35.5. The second-order valence-electron chi connectivity index (χ2n) is 6.47. The zero-order chi connectivity index (χ0) is 24.5. The van der Waals surface area contributed by atoms with Crippen LogP contribution in [0.1, 0.15) is 0 Å². The SMILES string of the molecule is COP(=O)(C=C(n1nnn(-c2ccccc2Cl)c1=O)n1nnn(-c2ccccc2Cl)c1=O)OC. The molecule has 13 nitrogen and oxygen atoms in total. The van der Waals surface area contributed by atoms with Crippen LogP contribution in [0.5, 0.6) is 0 Å². The summed E-state index contributed by atoms with van der Waals surface area (Å²) in [5, 5.41) is 15.7. The van der Waals surface area contributed by atoms with E-state index in [0.717, 1.165) is 29.4 Å². The summed E-state index contributed by atoms with van der Waals surface area (Å²) < 4.78 is 25.9. The number of hydrogen-bond donors (Lipinski definition) is 0. The second-order valence-corrected chi connectivity index (χ2v) is 9.35. The molecule has 0 fully saturated rings. The molecule has 4 rings (SSSR count). The highest BCUT2D eigenvalue weighted by molar-refractivity contribution is 7.57. The van der Waals surface area contributed by atoms with Gasteiger partial charge in [-0.1, -0.05) is 47.5 Å². The van der Waals surface area contributed by atoms with E-state index in [1.165, 1.54) is 0 Å². The van der Waals surface area contributed by atoms with E-state index in [9.17, 15) is 14.2 Å². The Labute approximate surface area is 200 Å². The number of para-hydroxylation sites is 2. The summed E-state index contributed by atoms with van der Waals surface area (Å²) in [6.07, 6.45) is 0. The Bertz CT molecular complexity index is 1450. The lowest BCUT2D eigenvalue weighted by Gasteiger charge is -2.11. The van der Waals surface area contributed by atoms with Crippen LogP contribution < -0.4 is 11.4 Å². The fourth-order valence-electron chi connectivity index (χ4n) is 2.85. The third kappa shape index (κ3) is 4.27. The minimum atomic E-state index is -3.94. The Hall–Kier alpha value is -3.35. The fraction of sp³-hybridized carbons (Fsp3) is 0.111. The average molecular weight is 525 g/mol. The Morgan fingerprint density at radius 2 is 1.21 bits per heavy atom. The van der Waals surface area contributed by atoms with Crippen LogP contribution in [0.4, 0.5) is 0 Å². The van der Waals surface area contributed by atoms with E-state index in [1.807, 2.05) is 0 Å². The van der Waals surface area contributed by atoms with Crippen LogP contribution in [0, 0.1) is 5.82 Å². The molecule has 2 heterocycles. The third-order valence-electron chi connectivity index (χ3n) is 4.54. The molecule has 34 heavy (non-hydrogen) atoms. The topological polar surface area (TPSA) is 141 Å². The lowest BCUT2D eigenvalue weighted by molar-refractivity contribution is 0.285. The van der Waals surface area contributed by atoms with Gasteiger partial charge in [-0.15, -0.1) is 9.36 Å². The number of tetrazole rings is 2. The minimum absolute atomic E-state index is 0.225. The molecule has 0 N–H and O–H groups in total. The lowest BCUT2D eigenvalue weighted by Crippen LogP contribution is -2.34. The highest BCUT2D eigenvalue weighted by Crippen LogP contribution is 2.48. The molecule has 0 radical (unpaired) electrons. The van der Waals surface area contributed by atoms with Crippen molar-refractivity contribution in [3.8, 4) is 11.4 Å². The maximum absolute atomic E-state index is 13.2. The maximum Gasteiger partial charge on any atom is 0.374 e. The molecule has 0 bridgehead atoms. The molecule has 176 valence electrons. The number of nitrogens with zero attached hydrogens (tertiary/aromatic N) is 8. The molecule has 0 aliphatic carbocycles. The Morgan fingerprint density at radius 1 is 0.794 bits per heavy atom. The smallest absolute Gasteiger partial charge is 0.309 e. The van der Waals surface area contributed by atoms with Crippen molar-refractivity contribution in [2.24, 2.45) is 0 Å². The molecule has 0 saturated carbocycles. The Kier molecular flexibility index (Phi) is 6.64. The molecule has 2 aromatic heterocycles. The molecule has 16 heteroatoms. The summed E-state index contributed by atoms with van der Waals surface area (Å²) in [5.74, 6) is 0.492. The predicted octanol–water partition coefficient (Wildman–Crippen LogP) is 2.09. The summed E-state index contributed by atoms with van der Waals surface area (Å²) >= 11 is 12.3. The first-order valence-electron chi connectivity index (χ1n) is 9.34. The molecular weight excluding hydrogens is 510 g/mol. The van der Waals surface area contributed by atoms with Crippen molar-refractivity contribution in [2.75, 3.05) is 14.2 Å². The first-order chi connectivity index (χ1) is 16.3. The van der Waals surface area contributed by atoms with E-state index in [0.29, 0.717) is 9.36 Å². The van der Waals surface area contributed by atoms with E-state index in [1.54, 1.807) is 48.5 Å². The minimum Gasteiger partial charge on any atom is -0.309 e. The number of halogens is 2. The molecule has 0 saturated heterocycles. The van der Waals surface area contributed by atoms with Crippen LogP contribution >= 0.6 is 30.8 Å². The number of hydrogen-bond acceptors (Lipinski definition) is 9. The fourth-order valence-corrected chi connectivity index (χ4v) is 4.14. The summed E-state index contributed by atoms with van der Waals surface area (Å²) in [6, 6.07) is 12.8. The standard InChI is InChI=1S/C18H15Cl2N8O5P/c1-32-34(31,33-2)11-16(27-17(29)25(21-23-27)14-9-5-3-7-12(14)19)28-18(30)26(22-24-28)15-10-6-4-8-13(15)20/h3-11H,1-2H3. The van der Waals surface area contributed by atoms with Crippen molar-refractivity contribution in [1.82, 2.24) is 39.6 Å². The van der Waals surface area contributed by atoms with Gasteiger partial charge >= 0.3 is 19.0 Å². The van der Waals surface area contributed by atoms with E-state index in [4.69, 9.17) is 32.2 Å². The molecule has 0 atom stereocenters. The molecule has 0 unspecified atom stereocenters. The molecular formula is C18H15Cl2N8O5P. The van der Waals surface area contributed by atoms with E-state index >= 15 is 0 Å². The predicted molar refractivity (Wildman–Crippen MR) is 121 cm³/mol. The Balaban J connectivity index is 1.95. The van der Waals surface area contributed by atoms with E-state index < -0.39 is 24.8 Å². The lowest BCUT2D eigenvalue weighted by atomic mass is 10.3. The van der Waals surface area contributed by atoms with Gasteiger partial charge in [0.05, 0.1) is 27.2 Å². The third-order valence-corrected chi connectivity index (χ3v) is 6.74. The maximum atomic E-state index is 13.2. The summed E-state index contributed by atoms with van der Waals surface area (Å²) in [5.41, 5.74) is -1.24. The summed E-state index contributed by atoms with van der Waals surface area (Å²) in [6.45, 7) is 0. The van der Waals surface area contributed by atoms with Crippen molar-refractivity contribution < 1.29 is 13.6 Å². The quantitative estimate of drug-likeness (QED) is 0.332. The largest absolute Gasteiger partial charge is 0.374 e. The summed E-state index contributed by atoms with van der Waals surface area (Å²) in [7, 11) is -1.68. The van der Waals surface area contributed by atoms with Crippen molar-refractivity contribution >= 4 is 30.8 Å². The van der Waals surface area contributed by atoms with Crippen LogP contribution in [-0.2, 0) is 13.6 Å². The first kappa shape index (κ1) is 23.8. The molecule has 0 aliphatic rings. The Morgan fingerprint density at radius 3 is 1.59 bits per heavy atom. The second kappa shape index (κ2) is 9.49. The van der Waals surface area contributed by atoms with Crippen LogP contribution in [-0.4, -0.2) is 53.8 Å². The highest BCUT2D eigenvalue weighted by Gasteiger charge is 2.27. The van der Waals surface area contributed by atoms with Gasteiger partial charge in [-0.3, -0.25) is 4.57 Å². The van der Waals surface area contributed by atoms with Gasteiger partial charge in [0.1, 0.15) is 0 Å². The van der Waals surface area contributed by atoms with Gasteiger partial charge in [-0.2, -0.15) is 9.36 Å². The zero-order valence-electron chi connectivity index (χ0n) is 17.5. The van der Waals surface area contributed by atoms with Gasteiger partial charge in [0.2, 0.25) is 0 Å². The number of benzene rings is 2. The summed E-state index contributed by atoms with van der Waals surface area (Å²) in [4.78, 5) is 26.4. The van der Waals surface area contributed by atoms with Crippen LogP contribution in [0.3, 0.4) is 0 Å². The zero-order valence-corrected chi connectivity index (χ0v) is 19.9. The van der Waals surface area contributed by atoms with Crippen LogP contribution in [0.2, 0.25) is 10.0 Å². The van der Waals surface area contributed by atoms with E-state index in [2.05, 4.69) is 20.9 Å². The monoisotopic (exact) mass is 524 g/mol. The molecule has 0 amide bonds. The van der Waals surface area contributed by atoms with Crippen LogP contribution in [0.25, 0.3) is 11.4 Å². The van der Waals surface area contributed by atoms with Crippen molar-refractivity contribution in [1.29, 1.82) is 0 Å². The van der Waals surface area contributed by atoms with Gasteiger partial charge < -0.3 is 9.05 Å². The number of aromatic nitrogens is 8. The van der Waals surface area contributed by atoms with E-state index in [-0.39, 0.29) is 21.4 Å². The van der Waals surface area contributed by atoms with Crippen molar-refractivity contribution in [3.05, 3.63) is 91.2 Å². The first-order valence-corrected chi connectivity index (χ1v) is 11.7.